The van der Waals surface area contributed by atoms with Crippen molar-refractivity contribution in [2.45, 2.75) is 44.9 Å². The number of halogens is 1. The highest BCUT2D eigenvalue weighted by atomic mass is 35.5. The van der Waals surface area contributed by atoms with Crippen LogP contribution in [0.1, 0.15) is 39.5 Å². The summed E-state index contributed by atoms with van der Waals surface area (Å²) in [6.07, 6.45) is 5.13. The summed E-state index contributed by atoms with van der Waals surface area (Å²) in [5.41, 5.74) is 0. The van der Waals surface area contributed by atoms with Gasteiger partial charge in [-0.05, 0) is 44.2 Å². The molecule has 0 heterocycles. The highest BCUT2D eigenvalue weighted by molar-refractivity contribution is 6.20. The Bertz CT molecular complexity index is 136. The molecule has 1 fully saturated rings. The molecule has 0 aromatic carbocycles. The minimum Gasteiger partial charge on any atom is -0.316 e. The largest absolute Gasteiger partial charge is 0.316 e. The number of nitrogens with one attached hydrogen (secondary N) is 1. The Morgan fingerprint density at radius 2 is 2.15 bits per heavy atom. The van der Waals surface area contributed by atoms with Gasteiger partial charge in [0.05, 0.1) is 0 Å². The number of hydrogen-bond donors (Lipinski definition) is 1. The van der Waals surface area contributed by atoms with Gasteiger partial charge in [0, 0.05) is 5.38 Å². The Labute approximate surface area is 87.2 Å². The van der Waals surface area contributed by atoms with Crippen molar-refractivity contribution in [2.75, 3.05) is 13.1 Å². The van der Waals surface area contributed by atoms with Crippen molar-refractivity contribution in [1.82, 2.24) is 5.32 Å². The maximum Gasteiger partial charge on any atom is 0.0339 e. The van der Waals surface area contributed by atoms with Crippen LogP contribution in [0.4, 0.5) is 0 Å². The lowest BCUT2D eigenvalue weighted by Crippen LogP contribution is -2.29. The molecule has 1 rings (SSSR count). The molecule has 1 aliphatic rings. The van der Waals surface area contributed by atoms with E-state index in [1.165, 1.54) is 32.2 Å². The maximum atomic E-state index is 6.13. The van der Waals surface area contributed by atoms with Crippen molar-refractivity contribution in [3.8, 4) is 0 Å². The van der Waals surface area contributed by atoms with Crippen LogP contribution in [0.5, 0.6) is 0 Å². The lowest BCUT2D eigenvalue weighted by Gasteiger charge is -2.25. The smallest absolute Gasteiger partial charge is 0.0339 e. The van der Waals surface area contributed by atoms with Gasteiger partial charge in [0.25, 0.3) is 0 Å². The second-order valence-electron chi connectivity index (χ2n) is 4.68. The third-order valence-electron chi connectivity index (χ3n) is 2.70. The third kappa shape index (κ3) is 4.87. The molecular formula is C11H22ClN. The molecule has 1 aliphatic carbocycles. The molecule has 0 aliphatic heterocycles. The molecule has 78 valence electrons. The van der Waals surface area contributed by atoms with Crippen molar-refractivity contribution in [3.05, 3.63) is 0 Å². The van der Waals surface area contributed by atoms with Crippen LogP contribution >= 0.6 is 11.6 Å². The number of rotatable bonds is 4. The molecule has 2 unspecified atom stereocenters. The zero-order valence-electron chi connectivity index (χ0n) is 8.85. The fourth-order valence-electron chi connectivity index (χ4n) is 1.99. The fourth-order valence-corrected chi connectivity index (χ4v) is 2.39. The SMILES string of the molecule is CC(C)CNCC1CCCC(Cl)C1. The van der Waals surface area contributed by atoms with Gasteiger partial charge in [0.15, 0.2) is 0 Å². The van der Waals surface area contributed by atoms with Gasteiger partial charge in [-0.3, -0.25) is 0 Å². The van der Waals surface area contributed by atoms with Crippen LogP contribution in [0.25, 0.3) is 0 Å². The van der Waals surface area contributed by atoms with Crippen LogP contribution in [0.15, 0.2) is 0 Å². The Hall–Kier alpha value is 0.250. The zero-order valence-corrected chi connectivity index (χ0v) is 9.61. The van der Waals surface area contributed by atoms with Gasteiger partial charge >= 0.3 is 0 Å². The maximum absolute atomic E-state index is 6.13. The monoisotopic (exact) mass is 203 g/mol. The van der Waals surface area contributed by atoms with E-state index < -0.39 is 0 Å². The number of hydrogen-bond acceptors (Lipinski definition) is 1. The first-order chi connectivity index (χ1) is 6.18. The van der Waals surface area contributed by atoms with Gasteiger partial charge in [-0.25, -0.2) is 0 Å². The molecule has 0 spiro atoms. The molecule has 0 radical (unpaired) electrons. The van der Waals surface area contributed by atoms with Crippen LogP contribution < -0.4 is 5.32 Å². The van der Waals surface area contributed by atoms with Crippen molar-refractivity contribution >= 4 is 11.6 Å². The molecule has 13 heavy (non-hydrogen) atoms. The molecule has 1 nitrogen and oxygen atoms in total. The summed E-state index contributed by atoms with van der Waals surface area (Å²) < 4.78 is 0. The van der Waals surface area contributed by atoms with E-state index >= 15 is 0 Å². The third-order valence-corrected chi connectivity index (χ3v) is 3.10. The molecule has 0 bridgehead atoms. The molecule has 2 heteroatoms. The van der Waals surface area contributed by atoms with E-state index in [1.807, 2.05) is 0 Å². The van der Waals surface area contributed by atoms with E-state index in [-0.39, 0.29) is 0 Å². The van der Waals surface area contributed by atoms with Gasteiger partial charge in [-0.2, -0.15) is 0 Å². The van der Waals surface area contributed by atoms with Crippen LogP contribution in [-0.4, -0.2) is 18.5 Å². The van der Waals surface area contributed by atoms with Crippen molar-refractivity contribution in [3.63, 3.8) is 0 Å². The fraction of sp³-hybridized carbons (Fsp3) is 1.00. The van der Waals surface area contributed by atoms with E-state index in [1.54, 1.807) is 0 Å². The van der Waals surface area contributed by atoms with Crippen molar-refractivity contribution in [2.24, 2.45) is 11.8 Å². The lowest BCUT2D eigenvalue weighted by atomic mass is 9.89. The van der Waals surface area contributed by atoms with Crippen molar-refractivity contribution in [1.29, 1.82) is 0 Å². The first kappa shape index (κ1) is 11.3. The summed E-state index contributed by atoms with van der Waals surface area (Å²) in [7, 11) is 0. The Balaban J connectivity index is 2.06. The van der Waals surface area contributed by atoms with E-state index in [0.29, 0.717) is 5.38 Å². The lowest BCUT2D eigenvalue weighted by molar-refractivity contribution is 0.341. The first-order valence-corrected chi connectivity index (χ1v) is 5.97. The average molecular weight is 204 g/mol. The first-order valence-electron chi connectivity index (χ1n) is 5.53. The second-order valence-corrected chi connectivity index (χ2v) is 5.30. The highest BCUT2D eigenvalue weighted by Crippen LogP contribution is 2.27. The van der Waals surface area contributed by atoms with E-state index in [9.17, 15) is 0 Å². The standard InChI is InChI=1S/C11H22ClN/c1-9(2)7-13-8-10-4-3-5-11(12)6-10/h9-11,13H,3-8H2,1-2H3. The van der Waals surface area contributed by atoms with Gasteiger partial charge in [-0.1, -0.05) is 20.3 Å². The van der Waals surface area contributed by atoms with Crippen LogP contribution in [0, 0.1) is 11.8 Å². The topological polar surface area (TPSA) is 12.0 Å². The molecule has 1 saturated carbocycles. The van der Waals surface area contributed by atoms with Crippen LogP contribution in [-0.2, 0) is 0 Å². The highest BCUT2D eigenvalue weighted by Gasteiger charge is 2.19. The molecule has 0 aromatic heterocycles. The average Bonchev–Trinajstić information content (AvgIpc) is 2.03. The number of alkyl halides is 1. The molecule has 1 N–H and O–H groups in total. The summed E-state index contributed by atoms with van der Waals surface area (Å²) in [6, 6.07) is 0. The molecule has 0 amide bonds. The predicted molar refractivity (Wildman–Crippen MR) is 59.3 cm³/mol. The van der Waals surface area contributed by atoms with E-state index in [4.69, 9.17) is 11.6 Å². The minimum atomic E-state index is 0.444. The van der Waals surface area contributed by atoms with Crippen LogP contribution in [0.2, 0.25) is 0 Å². The predicted octanol–water partition coefficient (Wildman–Crippen LogP) is 3.03. The van der Waals surface area contributed by atoms with Gasteiger partial charge in [0.2, 0.25) is 0 Å². The molecule has 0 aromatic rings. The van der Waals surface area contributed by atoms with Crippen molar-refractivity contribution < 1.29 is 0 Å². The van der Waals surface area contributed by atoms with Crippen LogP contribution in [0.3, 0.4) is 0 Å². The second kappa shape index (κ2) is 5.87. The Morgan fingerprint density at radius 1 is 1.38 bits per heavy atom. The van der Waals surface area contributed by atoms with E-state index in [2.05, 4.69) is 19.2 Å². The summed E-state index contributed by atoms with van der Waals surface area (Å²) >= 11 is 6.13. The summed E-state index contributed by atoms with van der Waals surface area (Å²) in [4.78, 5) is 0. The molecule has 0 saturated heterocycles. The summed E-state index contributed by atoms with van der Waals surface area (Å²) in [5, 5.41) is 3.96. The van der Waals surface area contributed by atoms with Gasteiger partial charge < -0.3 is 5.32 Å². The molecule has 2 atom stereocenters. The minimum absolute atomic E-state index is 0.444. The Morgan fingerprint density at radius 3 is 2.77 bits per heavy atom. The summed E-state index contributed by atoms with van der Waals surface area (Å²) in [5.74, 6) is 1.59. The summed E-state index contributed by atoms with van der Waals surface area (Å²) in [6.45, 7) is 6.81. The Kier molecular flexibility index (Phi) is 5.12. The van der Waals surface area contributed by atoms with Gasteiger partial charge in [-0.15, -0.1) is 11.6 Å². The van der Waals surface area contributed by atoms with E-state index in [0.717, 1.165) is 18.4 Å². The van der Waals surface area contributed by atoms with Gasteiger partial charge in [0.1, 0.15) is 0 Å². The zero-order chi connectivity index (χ0) is 9.68. The quantitative estimate of drug-likeness (QED) is 0.693. The molecular weight excluding hydrogens is 182 g/mol. The normalized spacial score (nSPS) is 29.5.